The number of nitrogens with zero attached hydrogens (tertiary/aromatic N) is 1. The second-order valence-corrected chi connectivity index (χ2v) is 5.68. The minimum Gasteiger partial charge on any atom is -0.392 e. The van der Waals surface area contributed by atoms with E-state index in [-0.39, 0.29) is 10.9 Å². The van der Waals surface area contributed by atoms with E-state index < -0.39 is 5.92 Å². The Morgan fingerprint density at radius 3 is 2.05 bits per heavy atom. The van der Waals surface area contributed by atoms with E-state index in [4.69, 9.17) is 18.0 Å². The van der Waals surface area contributed by atoms with Gasteiger partial charge >= 0.3 is 0 Å². The van der Waals surface area contributed by atoms with Crippen molar-refractivity contribution in [3.63, 3.8) is 0 Å². The fraction of sp³-hybridized carbons (Fsp3) is 0.176. The summed E-state index contributed by atoms with van der Waals surface area (Å²) in [5.74, 6) is -0.569. The molecule has 0 saturated heterocycles. The van der Waals surface area contributed by atoms with Crippen LogP contribution in [-0.2, 0) is 17.9 Å². The van der Waals surface area contributed by atoms with Crippen LogP contribution < -0.4 is 5.73 Å². The summed E-state index contributed by atoms with van der Waals surface area (Å²) in [7, 11) is 0. The molecule has 2 N–H and O–H groups in total. The van der Waals surface area contributed by atoms with Crippen molar-refractivity contribution in [2.24, 2.45) is 5.73 Å². The van der Waals surface area contributed by atoms with Gasteiger partial charge in [0.25, 0.3) is 0 Å². The zero-order valence-corrected chi connectivity index (χ0v) is 12.3. The number of hydrogen-bond donors (Lipinski definition) is 1. The molecule has 1 unspecified atom stereocenters. The van der Waals surface area contributed by atoms with Crippen molar-refractivity contribution in [2.45, 2.75) is 19.0 Å². The first kappa shape index (κ1) is 13.8. The third kappa shape index (κ3) is 2.67. The maximum atomic E-state index is 12.8. The van der Waals surface area contributed by atoms with Crippen LogP contribution in [0, 0.1) is 0 Å². The molecular weight excluding hydrogens is 280 g/mol. The van der Waals surface area contributed by atoms with Crippen LogP contribution in [0.25, 0.3) is 0 Å². The van der Waals surface area contributed by atoms with Gasteiger partial charge in [-0.05, 0) is 16.7 Å². The van der Waals surface area contributed by atoms with Crippen molar-refractivity contribution in [3.8, 4) is 0 Å². The van der Waals surface area contributed by atoms with Crippen LogP contribution in [0.15, 0.2) is 54.6 Å². The lowest BCUT2D eigenvalue weighted by molar-refractivity contribution is -0.131. The summed E-state index contributed by atoms with van der Waals surface area (Å²) in [6.07, 6.45) is 0. The number of nitrogens with two attached hydrogens (primary N) is 1. The van der Waals surface area contributed by atoms with Crippen LogP contribution in [0.3, 0.4) is 0 Å². The molecule has 0 spiro atoms. The average molecular weight is 296 g/mol. The van der Waals surface area contributed by atoms with Crippen LogP contribution in [-0.4, -0.2) is 15.8 Å². The highest BCUT2D eigenvalue weighted by Crippen LogP contribution is 2.27. The molecule has 3 rings (SSSR count). The molecule has 1 atom stereocenters. The molecule has 0 saturated carbocycles. The molecule has 3 nitrogen and oxygen atoms in total. The largest absolute Gasteiger partial charge is 0.392 e. The monoisotopic (exact) mass is 296 g/mol. The Balaban J connectivity index is 1.86. The molecule has 0 fully saturated rings. The number of benzene rings is 2. The van der Waals surface area contributed by atoms with E-state index in [9.17, 15) is 4.79 Å². The summed E-state index contributed by atoms with van der Waals surface area (Å²) in [6, 6.07) is 17.6. The molecule has 1 aliphatic heterocycles. The first-order valence-electron chi connectivity index (χ1n) is 6.86. The molecule has 106 valence electrons. The first-order chi connectivity index (χ1) is 10.2. The van der Waals surface area contributed by atoms with Gasteiger partial charge in [0, 0.05) is 13.1 Å². The van der Waals surface area contributed by atoms with Gasteiger partial charge in [-0.2, -0.15) is 0 Å². The molecule has 21 heavy (non-hydrogen) atoms. The van der Waals surface area contributed by atoms with E-state index in [1.165, 1.54) is 11.1 Å². The highest BCUT2D eigenvalue weighted by molar-refractivity contribution is 7.80. The lowest BCUT2D eigenvalue weighted by Gasteiger charge is -2.22. The molecule has 1 amide bonds. The minimum absolute atomic E-state index is 0.0232. The van der Waals surface area contributed by atoms with Crippen molar-refractivity contribution in [1.82, 2.24) is 4.90 Å². The van der Waals surface area contributed by atoms with E-state index in [2.05, 4.69) is 12.1 Å². The van der Waals surface area contributed by atoms with Gasteiger partial charge in [-0.1, -0.05) is 66.8 Å². The number of rotatable bonds is 3. The zero-order chi connectivity index (χ0) is 14.8. The summed E-state index contributed by atoms with van der Waals surface area (Å²) in [6.45, 7) is 1.25. The predicted octanol–water partition coefficient (Wildman–Crippen LogP) is 2.60. The second kappa shape index (κ2) is 5.66. The number of carbonyl (C=O) groups excluding carboxylic acids is 1. The van der Waals surface area contributed by atoms with Crippen LogP contribution in [0.5, 0.6) is 0 Å². The fourth-order valence-corrected chi connectivity index (χ4v) is 2.98. The molecule has 0 aromatic heterocycles. The Morgan fingerprint density at radius 1 is 1.00 bits per heavy atom. The third-order valence-corrected chi connectivity index (χ3v) is 4.05. The van der Waals surface area contributed by atoms with Crippen LogP contribution in [0.4, 0.5) is 0 Å². The highest BCUT2D eigenvalue weighted by atomic mass is 32.1. The standard InChI is InChI=1S/C17H16N2OS/c18-16(21)15(12-6-2-1-3-7-12)17(20)19-10-13-8-4-5-9-14(13)11-19/h1-9,15H,10-11H2,(H2,18,21). The molecule has 2 aromatic rings. The van der Waals surface area contributed by atoms with Crippen molar-refractivity contribution in [3.05, 3.63) is 71.3 Å². The summed E-state index contributed by atoms with van der Waals surface area (Å²) in [5, 5.41) is 0. The zero-order valence-electron chi connectivity index (χ0n) is 11.5. The van der Waals surface area contributed by atoms with E-state index in [0.717, 1.165) is 5.56 Å². The molecule has 0 radical (unpaired) electrons. The smallest absolute Gasteiger partial charge is 0.237 e. The summed E-state index contributed by atoms with van der Waals surface area (Å²) >= 11 is 5.13. The van der Waals surface area contributed by atoms with Crippen molar-refractivity contribution in [2.75, 3.05) is 0 Å². The SMILES string of the molecule is NC(=S)C(C(=O)N1Cc2ccccc2C1)c1ccccc1. The Hall–Kier alpha value is -2.20. The number of fused-ring (bicyclic) bond motifs is 1. The van der Waals surface area contributed by atoms with Gasteiger partial charge in [0.2, 0.25) is 5.91 Å². The highest BCUT2D eigenvalue weighted by Gasteiger charge is 2.31. The molecule has 2 aromatic carbocycles. The van der Waals surface area contributed by atoms with Crippen molar-refractivity contribution in [1.29, 1.82) is 0 Å². The normalized spacial score (nSPS) is 14.6. The van der Waals surface area contributed by atoms with Gasteiger partial charge in [0.15, 0.2) is 0 Å². The Morgan fingerprint density at radius 2 is 1.52 bits per heavy atom. The maximum Gasteiger partial charge on any atom is 0.237 e. The van der Waals surface area contributed by atoms with Gasteiger partial charge in [0.05, 0.1) is 4.99 Å². The van der Waals surface area contributed by atoms with E-state index >= 15 is 0 Å². The molecule has 4 heteroatoms. The molecule has 1 heterocycles. The number of carbonyl (C=O) groups is 1. The van der Waals surface area contributed by atoms with Crippen molar-refractivity contribution >= 4 is 23.1 Å². The molecule has 0 aliphatic carbocycles. The lowest BCUT2D eigenvalue weighted by atomic mass is 9.97. The number of thiocarbonyl (C=S) groups is 1. The summed E-state index contributed by atoms with van der Waals surface area (Å²) < 4.78 is 0. The molecule has 1 aliphatic rings. The van der Waals surface area contributed by atoms with Gasteiger partial charge in [-0.25, -0.2) is 0 Å². The molecule has 0 bridgehead atoms. The van der Waals surface area contributed by atoms with E-state index in [0.29, 0.717) is 13.1 Å². The Kier molecular flexibility index (Phi) is 3.71. The maximum absolute atomic E-state index is 12.8. The molecular formula is C17H16N2OS. The van der Waals surface area contributed by atoms with Crippen LogP contribution in [0.1, 0.15) is 22.6 Å². The fourth-order valence-electron chi connectivity index (χ4n) is 2.75. The number of amides is 1. The van der Waals surface area contributed by atoms with Crippen LogP contribution >= 0.6 is 12.2 Å². The van der Waals surface area contributed by atoms with Crippen LogP contribution in [0.2, 0.25) is 0 Å². The lowest BCUT2D eigenvalue weighted by Crippen LogP contribution is -2.37. The van der Waals surface area contributed by atoms with Gasteiger partial charge < -0.3 is 10.6 Å². The average Bonchev–Trinajstić information content (AvgIpc) is 2.92. The van der Waals surface area contributed by atoms with Crippen molar-refractivity contribution < 1.29 is 4.79 Å². The van der Waals surface area contributed by atoms with E-state index in [1.54, 1.807) is 0 Å². The quantitative estimate of drug-likeness (QED) is 0.886. The third-order valence-electron chi connectivity index (χ3n) is 3.82. The summed E-state index contributed by atoms with van der Waals surface area (Å²) in [5.41, 5.74) is 9.07. The van der Waals surface area contributed by atoms with Gasteiger partial charge in [0.1, 0.15) is 5.92 Å². The van der Waals surface area contributed by atoms with Gasteiger partial charge in [-0.15, -0.1) is 0 Å². The first-order valence-corrected chi connectivity index (χ1v) is 7.27. The Bertz CT molecular complexity index is 659. The van der Waals surface area contributed by atoms with Gasteiger partial charge in [-0.3, -0.25) is 4.79 Å². The number of hydrogen-bond acceptors (Lipinski definition) is 2. The Labute approximate surface area is 129 Å². The second-order valence-electron chi connectivity index (χ2n) is 5.21. The summed E-state index contributed by atoms with van der Waals surface area (Å²) in [4.78, 5) is 14.9. The minimum atomic E-state index is -0.546. The topological polar surface area (TPSA) is 46.3 Å². The van der Waals surface area contributed by atoms with E-state index in [1.807, 2.05) is 47.4 Å². The predicted molar refractivity (Wildman–Crippen MR) is 86.7 cm³/mol.